The quantitative estimate of drug-likeness (QED) is 0.714. The Morgan fingerprint density at radius 1 is 1.30 bits per heavy atom. The van der Waals surface area contributed by atoms with Crippen LogP contribution >= 0.6 is 0 Å². The molecule has 0 aliphatic heterocycles. The fraction of sp³-hybridized carbons (Fsp3) is 0.562. The lowest BCUT2D eigenvalue weighted by Gasteiger charge is -2.33. The molecule has 0 radical (unpaired) electrons. The van der Waals surface area contributed by atoms with Gasteiger partial charge in [0, 0.05) is 6.04 Å². The highest BCUT2D eigenvalue weighted by molar-refractivity contribution is 5.80. The minimum Gasteiger partial charge on any atom is -0.394 e. The molecule has 4 nitrogen and oxygen atoms in total. The van der Waals surface area contributed by atoms with Gasteiger partial charge in [0.15, 0.2) is 0 Å². The first kappa shape index (κ1) is 16.7. The molecule has 0 heterocycles. The van der Waals surface area contributed by atoms with Crippen LogP contribution in [0.15, 0.2) is 30.3 Å². The number of carbonyl (C=O) groups is 1. The van der Waals surface area contributed by atoms with Crippen LogP contribution in [-0.2, 0) is 4.79 Å². The molecule has 1 aromatic rings. The van der Waals surface area contributed by atoms with E-state index in [0.29, 0.717) is 12.8 Å². The van der Waals surface area contributed by atoms with Crippen LogP contribution in [0.5, 0.6) is 0 Å². The molecule has 0 aliphatic rings. The Kier molecular flexibility index (Phi) is 6.17. The summed E-state index contributed by atoms with van der Waals surface area (Å²) in [5, 5.41) is 12.5. The van der Waals surface area contributed by atoms with E-state index >= 15 is 0 Å². The Morgan fingerprint density at radius 3 is 2.30 bits per heavy atom. The molecule has 112 valence electrons. The molecular formula is C16H26N2O2. The van der Waals surface area contributed by atoms with Crippen molar-refractivity contribution in [3.8, 4) is 0 Å². The zero-order valence-corrected chi connectivity index (χ0v) is 12.6. The maximum Gasteiger partial charge on any atom is 0.225 e. The van der Waals surface area contributed by atoms with E-state index in [1.54, 1.807) is 0 Å². The lowest BCUT2D eigenvalue weighted by Crippen LogP contribution is -2.53. The van der Waals surface area contributed by atoms with Crippen molar-refractivity contribution in [3.63, 3.8) is 0 Å². The van der Waals surface area contributed by atoms with Gasteiger partial charge in [0.25, 0.3) is 0 Å². The zero-order chi connectivity index (χ0) is 15.2. The standard InChI is InChI=1S/C16H26N2O2/c1-4-16(5-2,11-19)18-15(20)12(3)14(17)13-9-7-6-8-10-13/h6-10,12,14,19H,4-5,11,17H2,1-3H3,(H,18,20). The minimum atomic E-state index is -0.540. The highest BCUT2D eigenvalue weighted by atomic mass is 16.3. The number of rotatable bonds is 7. The summed E-state index contributed by atoms with van der Waals surface area (Å²) >= 11 is 0. The highest BCUT2D eigenvalue weighted by Gasteiger charge is 2.31. The molecule has 4 N–H and O–H groups in total. The Balaban J connectivity index is 2.76. The van der Waals surface area contributed by atoms with E-state index in [1.807, 2.05) is 51.1 Å². The third kappa shape index (κ3) is 3.81. The largest absolute Gasteiger partial charge is 0.394 e. The van der Waals surface area contributed by atoms with E-state index in [9.17, 15) is 9.90 Å². The molecule has 0 bridgehead atoms. The average Bonchev–Trinajstić information content (AvgIpc) is 2.52. The van der Waals surface area contributed by atoms with E-state index in [1.165, 1.54) is 0 Å². The monoisotopic (exact) mass is 278 g/mol. The summed E-state index contributed by atoms with van der Waals surface area (Å²) in [6, 6.07) is 9.25. The zero-order valence-electron chi connectivity index (χ0n) is 12.6. The predicted molar refractivity (Wildman–Crippen MR) is 81.1 cm³/mol. The van der Waals surface area contributed by atoms with Crippen LogP contribution in [0, 0.1) is 5.92 Å². The molecule has 0 saturated heterocycles. The van der Waals surface area contributed by atoms with Crippen molar-refractivity contribution in [2.45, 2.75) is 45.2 Å². The number of amides is 1. The van der Waals surface area contributed by atoms with Crippen LogP contribution < -0.4 is 11.1 Å². The summed E-state index contributed by atoms with van der Waals surface area (Å²) in [6.07, 6.45) is 1.39. The molecule has 0 spiro atoms. The number of aliphatic hydroxyl groups is 1. The topological polar surface area (TPSA) is 75.3 Å². The molecule has 1 aromatic carbocycles. The third-order valence-electron chi connectivity index (χ3n) is 4.18. The maximum atomic E-state index is 12.3. The van der Waals surface area contributed by atoms with E-state index in [2.05, 4.69) is 5.32 Å². The molecule has 0 aliphatic carbocycles. The molecular weight excluding hydrogens is 252 g/mol. The van der Waals surface area contributed by atoms with Crippen molar-refractivity contribution in [2.75, 3.05) is 6.61 Å². The average molecular weight is 278 g/mol. The number of hydrogen-bond donors (Lipinski definition) is 3. The van der Waals surface area contributed by atoms with Crippen molar-refractivity contribution in [2.24, 2.45) is 11.7 Å². The van der Waals surface area contributed by atoms with E-state index < -0.39 is 5.54 Å². The summed E-state index contributed by atoms with van der Waals surface area (Å²) in [7, 11) is 0. The van der Waals surface area contributed by atoms with Crippen molar-refractivity contribution in [1.29, 1.82) is 0 Å². The molecule has 20 heavy (non-hydrogen) atoms. The van der Waals surface area contributed by atoms with Crippen molar-refractivity contribution in [3.05, 3.63) is 35.9 Å². The Morgan fingerprint density at radius 2 is 1.85 bits per heavy atom. The van der Waals surface area contributed by atoms with E-state index in [0.717, 1.165) is 5.56 Å². The van der Waals surface area contributed by atoms with E-state index in [4.69, 9.17) is 5.73 Å². The van der Waals surface area contributed by atoms with Gasteiger partial charge in [0.1, 0.15) is 0 Å². The first-order chi connectivity index (χ1) is 9.49. The molecule has 4 heteroatoms. The fourth-order valence-electron chi connectivity index (χ4n) is 2.19. The summed E-state index contributed by atoms with van der Waals surface area (Å²) in [5.74, 6) is -0.458. The van der Waals surface area contributed by atoms with E-state index in [-0.39, 0.29) is 24.5 Å². The smallest absolute Gasteiger partial charge is 0.225 e. The lowest BCUT2D eigenvalue weighted by atomic mass is 9.90. The van der Waals surface area contributed by atoms with Gasteiger partial charge >= 0.3 is 0 Å². The van der Waals surface area contributed by atoms with Gasteiger partial charge in [-0.05, 0) is 18.4 Å². The van der Waals surface area contributed by atoms with Crippen LogP contribution in [0.3, 0.4) is 0 Å². The molecule has 2 unspecified atom stereocenters. The predicted octanol–water partition coefficient (Wildman–Crippen LogP) is 1.99. The third-order valence-corrected chi connectivity index (χ3v) is 4.18. The van der Waals surface area contributed by atoms with Crippen LogP contribution in [0.2, 0.25) is 0 Å². The fourth-order valence-corrected chi connectivity index (χ4v) is 2.19. The Labute approximate surface area is 121 Å². The number of benzene rings is 1. The molecule has 0 saturated carbocycles. The molecule has 0 fully saturated rings. The highest BCUT2D eigenvalue weighted by Crippen LogP contribution is 2.21. The minimum absolute atomic E-state index is 0.0565. The molecule has 1 rings (SSSR count). The molecule has 0 aromatic heterocycles. The van der Waals surface area contributed by atoms with Crippen LogP contribution in [-0.4, -0.2) is 23.2 Å². The maximum absolute atomic E-state index is 12.3. The number of hydrogen-bond acceptors (Lipinski definition) is 3. The Hall–Kier alpha value is -1.39. The van der Waals surface area contributed by atoms with Crippen molar-refractivity contribution < 1.29 is 9.90 Å². The summed E-state index contributed by atoms with van der Waals surface area (Å²) in [5.41, 5.74) is 6.56. The molecule has 1 amide bonds. The number of nitrogens with one attached hydrogen (secondary N) is 1. The SMILES string of the molecule is CCC(CC)(CO)NC(=O)C(C)C(N)c1ccccc1. The van der Waals surface area contributed by atoms with Crippen molar-refractivity contribution in [1.82, 2.24) is 5.32 Å². The van der Waals surface area contributed by atoms with Gasteiger partial charge in [-0.3, -0.25) is 4.79 Å². The second-order valence-corrected chi connectivity index (χ2v) is 5.36. The second kappa shape index (κ2) is 7.41. The number of nitrogens with two attached hydrogens (primary N) is 1. The van der Waals surface area contributed by atoms with Gasteiger partial charge in [0.05, 0.1) is 18.1 Å². The first-order valence-corrected chi connectivity index (χ1v) is 7.23. The first-order valence-electron chi connectivity index (χ1n) is 7.23. The van der Waals surface area contributed by atoms with Gasteiger partial charge in [0.2, 0.25) is 5.91 Å². The number of carbonyl (C=O) groups excluding carboxylic acids is 1. The Bertz CT molecular complexity index is 407. The van der Waals surface area contributed by atoms with Crippen molar-refractivity contribution >= 4 is 5.91 Å². The van der Waals surface area contributed by atoms with Gasteiger partial charge in [-0.1, -0.05) is 51.1 Å². The number of aliphatic hydroxyl groups excluding tert-OH is 1. The second-order valence-electron chi connectivity index (χ2n) is 5.36. The summed E-state index contributed by atoms with van der Waals surface area (Å²) in [6.45, 7) is 5.68. The van der Waals surface area contributed by atoms with Gasteiger partial charge in [-0.25, -0.2) is 0 Å². The van der Waals surface area contributed by atoms with Crippen LogP contribution in [0.25, 0.3) is 0 Å². The normalized spacial score (nSPS) is 14.7. The molecule has 2 atom stereocenters. The van der Waals surface area contributed by atoms with Gasteiger partial charge in [-0.2, -0.15) is 0 Å². The summed E-state index contributed by atoms with van der Waals surface area (Å²) < 4.78 is 0. The van der Waals surface area contributed by atoms with Gasteiger partial charge in [-0.15, -0.1) is 0 Å². The van der Waals surface area contributed by atoms with Crippen LogP contribution in [0.4, 0.5) is 0 Å². The van der Waals surface area contributed by atoms with Gasteiger partial charge < -0.3 is 16.2 Å². The summed E-state index contributed by atoms with van der Waals surface area (Å²) in [4.78, 5) is 12.3. The lowest BCUT2D eigenvalue weighted by molar-refractivity contribution is -0.128. The van der Waals surface area contributed by atoms with Crippen LogP contribution in [0.1, 0.15) is 45.2 Å².